The first-order valence-electron chi connectivity index (χ1n) is 5.91. The van der Waals surface area contributed by atoms with Crippen molar-refractivity contribution >= 4 is 11.9 Å². The second-order valence-corrected chi connectivity index (χ2v) is 4.16. The summed E-state index contributed by atoms with van der Waals surface area (Å²) in [5, 5.41) is 9.05. The molecule has 1 unspecified atom stereocenters. The molecule has 0 radical (unpaired) electrons. The number of carboxylic acids is 1. The zero-order chi connectivity index (χ0) is 13.0. The average molecular weight is 251 g/mol. The molecule has 1 atom stereocenters. The molecule has 0 spiro atoms. The fourth-order valence-corrected chi connectivity index (χ4v) is 2.09. The lowest BCUT2D eigenvalue weighted by Gasteiger charge is -2.37. The number of aromatic nitrogens is 2. The molecule has 98 valence electrons. The quantitative estimate of drug-likeness (QED) is 0.709. The summed E-state index contributed by atoms with van der Waals surface area (Å²) in [6.07, 6.45) is 3.41. The number of hydrogen-bond donors (Lipinski definition) is 2. The largest absolute Gasteiger partial charge is 0.480 e. The Kier molecular flexibility index (Phi) is 4.06. The molecule has 1 saturated heterocycles. The molecule has 0 amide bonds. The number of aliphatic carboxylic acids is 1. The van der Waals surface area contributed by atoms with E-state index in [9.17, 15) is 4.79 Å². The van der Waals surface area contributed by atoms with Crippen LogP contribution in [0, 0.1) is 0 Å². The third kappa shape index (κ3) is 2.74. The van der Waals surface area contributed by atoms with Gasteiger partial charge in [0.15, 0.2) is 0 Å². The molecule has 1 aromatic heterocycles. The monoisotopic (exact) mass is 251 g/mol. The Hall–Kier alpha value is -1.73. The summed E-state index contributed by atoms with van der Waals surface area (Å²) in [5.74, 6) is -0.168. The van der Waals surface area contributed by atoms with Crippen molar-refractivity contribution in [3.05, 3.63) is 18.5 Å². The number of piperazine rings is 1. The van der Waals surface area contributed by atoms with Gasteiger partial charge in [-0.2, -0.15) is 0 Å². The van der Waals surface area contributed by atoms with Crippen LogP contribution in [0.3, 0.4) is 0 Å². The first-order valence-corrected chi connectivity index (χ1v) is 5.91. The molecule has 7 heteroatoms. The Morgan fingerprint density at radius 1 is 1.33 bits per heavy atom. The third-order valence-electron chi connectivity index (χ3n) is 3.10. The standard InChI is InChI=1S/C11H17N5O2/c12-8-9(10(17)18)15-4-6-16(7-5-15)11-13-2-1-3-14-11/h1-3,9H,4-8,12H2,(H,17,18). The highest BCUT2D eigenvalue weighted by molar-refractivity contribution is 5.73. The molecule has 3 N–H and O–H groups in total. The van der Waals surface area contributed by atoms with Gasteiger partial charge in [-0.15, -0.1) is 0 Å². The zero-order valence-electron chi connectivity index (χ0n) is 10.1. The second-order valence-electron chi connectivity index (χ2n) is 4.16. The molecular formula is C11H17N5O2. The minimum absolute atomic E-state index is 0.136. The number of hydrogen-bond acceptors (Lipinski definition) is 6. The molecule has 1 aromatic rings. The summed E-state index contributed by atoms with van der Waals surface area (Å²) >= 11 is 0. The molecule has 0 aliphatic carbocycles. The summed E-state index contributed by atoms with van der Waals surface area (Å²) in [7, 11) is 0. The number of rotatable bonds is 4. The number of nitrogens with two attached hydrogens (primary N) is 1. The topological polar surface area (TPSA) is 95.6 Å². The van der Waals surface area contributed by atoms with Gasteiger partial charge in [0, 0.05) is 45.1 Å². The normalized spacial score (nSPS) is 18.6. The Morgan fingerprint density at radius 3 is 2.44 bits per heavy atom. The highest BCUT2D eigenvalue weighted by Gasteiger charge is 2.28. The lowest BCUT2D eigenvalue weighted by molar-refractivity contribution is -0.143. The summed E-state index contributed by atoms with van der Waals surface area (Å²) in [4.78, 5) is 23.3. The first-order chi connectivity index (χ1) is 8.72. The molecule has 1 aliphatic rings. The average Bonchev–Trinajstić information content (AvgIpc) is 2.41. The van der Waals surface area contributed by atoms with Crippen molar-refractivity contribution in [2.45, 2.75) is 6.04 Å². The van der Waals surface area contributed by atoms with Crippen LogP contribution in [-0.2, 0) is 4.79 Å². The number of nitrogens with zero attached hydrogens (tertiary/aromatic N) is 4. The summed E-state index contributed by atoms with van der Waals surface area (Å²) in [6.45, 7) is 2.89. The van der Waals surface area contributed by atoms with E-state index in [0.717, 1.165) is 0 Å². The van der Waals surface area contributed by atoms with Gasteiger partial charge in [-0.05, 0) is 6.07 Å². The van der Waals surface area contributed by atoms with E-state index in [2.05, 4.69) is 9.97 Å². The fraction of sp³-hybridized carbons (Fsp3) is 0.545. The van der Waals surface area contributed by atoms with Gasteiger partial charge in [-0.25, -0.2) is 9.97 Å². The van der Waals surface area contributed by atoms with Crippen LogP contribution in [0.1, 0.15) is 0 Å². The molecule has 0 bridgehead atoms. The summed E-state index contributed by atoms with van der Waals surface area (Å²) in [6, 6.07) is 1.18. The van der Waals surface area contributed by atoms with E-state index in [-0.39, 0.29) is 6.54 Å². The van der Waals surface area contributed by atoms with Crippen molar-refractivity contribution in [1.82, 2.24) is 14.9 Å². The maximum absolute atomic E-state index is 11.0. The number of carbonyl (C=O) groups is 1. The van der Waals surface area contributed by atoms with Gasteiger partial charge >= 0.3 is 5.97 Å². The molecule has 0 saturated carbocycles. The maximum atomic E-state index is 11.0. The van der Waals surface area contributed by atoms with Crippen LogP contribution in [0.4, 0.5) is 5.95 Å². The van der Waals surface area contributed by atoms with Gasteiger partial charge < -0.3 is 15.7 Å². The van der Waals surface area contributed by atoms with Crippen LogP contribution in [0.15, 0.2) is 18.5 Å². The van der Waals surface area contributed by atoms with Gasteiger partial charge in [0.25, 0.3) is 0 Å². The fourth-order valence-electron chi connectivity index (χ4n) is 2.09. The van der Waals surface area contributed by atoms with Gasteiger partial charge in [-0.3, -0.25) is 9.69 Å². The van der Waals surface area contributed by atoms with Gasteiger partial charge in [-0.1, -0.05) is 0 Å². The third-order valence-corrected chi connectivity index (χ3v) is 3.10. The van der Waals surface area contributed by atoms with Gasteiger partial charge in [0.1, 0.15) is 6.04 Å². The smallest absolute Gasteiger partial charge is 0.322 e. The van der Waals surface area contributed by atoms with Crippen molar-refractivity contribution in [3.8, 4) is 0 Å². The van der Waals surface area contributed by atoms with Gasteiger partial charge in [0.2, 0.25) is 5.95 Å². The SMILES string of the molecule is NCC(C(=O)O)N1CCN(c2ncccn2)CC1. The molecule has 0 aromatic carbocycles. The van der Waals surface area contributed by atoms with Crippen molar-refractivity contribution in [2.24, 2.45) is 5.73 Å². The lowest BCUT2D eigenvalue weighted by Crippen LogP contribution is -2.55. The van der Waals surface area contributed by atoms with Crippen LogP contribution >= 0.6 is 0 Å². The van der Waals surface area contributed by atoms with Crippen molar-refractivity contribution in [1.29, 1.82) is 0 Å². The number of carboxylic acid groups (broad SMARTS) is 1. The predicted octanol–water partition coefficient (Wildman–Crippen LogP) is -0.989. The molecule has 2 heterocycles. The molecule has 18 heavy (non-hydrogen) atoms. The Balaban J connectivity index is 1.94. The lowest BCUT2D eigenvalue weighted by atomic mass is 10.2. The maximum Gasteiger partial charge on any atom is 0.322 e. The van der Waals surface area contributed by atoms with E-state index in [1.807, 2.05) is 9.80 Å². The van der Waals surface area contributed by atoms with E-state index in [0.29, 0.717) is 32.1 Å². The molecule has 1 aliphatic heterocycles. The summed E-state index contributed by atoms with van der Waals surface area (Å²) in [5.41, 5.74) is 5.49. The molecular weight excluding hydrogens is 234 g/mol. The number of anilines is 1. The molecule has 7 nitrogen and oxygen atoms in total. The van der Waals surface area contributed by atoms with Crippen LogP contribution in [0.5, 0.6) is 0 Å². The van der Waals surface area contributed by atoms with Crippen LogP contribution in [0.25, 0.3) is 0 Å². The Labute approximate surface area is 105 Å². The second kappa shape index (κ2) is 5.74. The molecule has 2 rings (SSSR count). The van der Waals surface area contributed by atoms with E-state index >= 15 is 0 Å². The Bertz CT molecular complexity index is 392. The van der Waals surface area contributed by atoms with E-state index < -0.39 is 12.0 Å². The minimum Gasteiger partial charge on any atom is -0.480 e. The van der Waals surface area contributed by atoms with Crippen LogP contribution < -0.4 is 10.6 Å². The predicted molar refractivity (Wildman–Crippen MR) is 66.3 cm³/mol. The van der Waals surface area contributed by atoms with E-state index in [4.69, 9.17) is 10.8 Å². The van der Waals surface area contributed by atoms with Crippen LogP contribution in [0.2, 0.25) is 0 Å². The van der Waals surface area contributed by atoms with Crippen molar-refractivity contribution < 1.29 is 9.90 Å². The highest BCUT2D eigenvalue weighted by atomic mass is 16.4. The highest BCUT2D eigenvalue weighted by Crippen LogP contribution is 2.11. The van der Waals surface area contributed by atoms with E-state index in [1.54, 1.807) is 18.5 Å². The Morgan fingerprint density at radius 2 is 1.94 bits per heavy atom. The first kappa shape index (κ1) is 12.7. The van der Waals surface area contributed by atoms with E-state index in [1.165, 1.54) is 0 Å². The zero-order valence-corrected chi connectivity index (χ0v) is 10.1. The van der Waals surface area contributed by atoms with Gasteiger partial charge in [0.05, 0.1) is 0 Å². The van der Waals surface area contributed by atoms with Crippen LogP contribution in [-0.4, -0.2) is 64.7 Å². The molecule has 1 fully saturated rings. The summed E-state index contributed by atoms with van der Waals surface area (Å²) < 4.78 is 0. The minimum atomic E-state index is -0.859. The van der Waals surface area contributed by atoms with Crippen molar-refractivity contribution in [3.63, 3.8) is 0 Å². The van der Waals surface area contributed by atoms with Crippen molar-refractivity contribution in [2.75, 3.05) is 37.6 Å².